The highest BCUT2D eigenvalue weighted by Gasteiger charge is 2.08. The molecule has 0 bridgehead atoms. The number of nitrogens with zero attached hydrogens (tertiary/aromatic N) is 3. The molecular formula is C14H14ClN5O2. The van der Waals surface area contributed by atoms with Crippen molar-refractivity contribution in [3.63, 3.8) is 0 Å². The molecule has 0 aliphatic heterocycles. The van der Waals surface area contributed by atoms with Gasteiger partial charge >= 0.3 is 0 Å². The highest BCUT2D eigenvalue weighted by molar-refractivity contribution is 6.32. The summed E-state index contributed by atoms with van der Waals surface area (Å²) in [5.41, 5.74) is 1.47. The number of H-pyrrole nitrogens is 1. The minimum atomic E-state index is 0.449. The van der Waals surface area contributed by atoms with Crippen LogP contribution in [-0.2, 0) is 4.74 Å². The van der Waals surface area contributed by atoms with Crippen LogP contribution in [0.1, 0.15) is 0 Å². The van der Waals surface area contributed by atoms with E-state index in [0.29, 0.717) is 35.5 Å². The van der Waals surface area contributed by atoms with Crippen LogP contribution in [-0.4, -0.2) is 40.5 Å². The Morgan fingerprint density at radius 2 is 2.18 bits per heavy atom. The summed E-state index contributed by atoms with van der Waals surface area (Å²) in [6.45, 7) is 0.959. The summed E-state index contributed by atoms with van der Waals surface area (Å²) in [5, 5.41) is 11.3. The average Bonchev–Trinajstić information content (AvgIpc) is 2.99. The predicted molar refractivity (Wildman–Crippen MR) is 83.8 cm³/mol. The number of aromatic nitrogens is 4. The van der Waals surface area contributed by atoms with Gasteiger partial charge in [-0.1, -0.05) is 11.6 Å². The zero-order valence-corrected chi connectivity index (χ0v) is 12.6. The maximum Gasteiger partial charge on any atom is 0.160 e. The summed E-state index contributed by atoms with van der Waals surface area (Å²) in [4.78, 5) is 8.30. The van der Waals surface area contributed by atoms with Crippen molar-refractivity contribution in [3.05, 3.63) is 35.7 Å². The van der Waals surface area contributed by atoms with Crippen LogP contribution in [0.2, 0.25) is 5.02 Å². The summed E-state index contributed by atoms with van der Waals surface area (Å²) >= 11 is 6.21. The third kappa shape index (κ3) is 3.10. The Hall–Kier alpha value is -2.38. The Bertz CT molecular complexity index is 777. The van der Waals surface area contributed by atoms with Gasteiger partial charge in [0.2, 0.25) is 0 Å². The molecule has 0 aliphatic carbocycles. The second-order valence-electron chi connectivity index (χ2n) is 4.47. The first kappa shape index (κ1) is 14.6. The number of fused-ring (bicyclic) bond motifs is 1. The molecule has 0 spiro atoms. The van der Waals surface area contributed by atoms with Crippen molar-refractivity contribution in [3.8, 4) is 5.75 Å². The summed E-state index contributed by atoms with van der Waals surface area (Å²) in [7, 11) is 1.62. The number of aromatic amines is 1. The van der Waals surface area contributed by atoms with E-state index in [9.17, 15) is 0 Å². The van der Waals surface area contributed by atoms with E-state index in [4.69, 9.17) is 21.1 Å². The van der Waals surface area contributed by atoms with Gasteiger partial charge in [0.15, 0.2) is 5.65 Å². The average molecular weight is 320 g/mol. The number of anilines is 2. The monoisotopic (exact) mass is 319 g/mol. The fourth-order valence-corrected chi connectivity index (χ4v) is 2.17. The first-order valence-corrected chi connectivity index (χ1v) is 6.98. The van der Waals surface area contributed by atoms with E-state index in [0.717, 1.165) is 11.1 Å². The SMILES string of the molecule is COCCOc1ccc(Nc2ncnc3[nH]ncc23)cc1Cl. The van der Waals surface area contributed by atoms with Gasteiger partial charge < -0.3 is 14.8 Å². The second-order valence-corrected chi connectivity index (χ2v) is 4.87. The van der Waals surface area contributed by atoms with Crippen molar-refractivity contribution in [1.82, 2.24) is 20.2 Å². The molecule has 0 saturated heterocycles. The van der Waals surface area contributed by atoms with Crippen molar-refractivity contribution < 1.29 is 9.47 Å². The molecule has 7 nitrogen and oxygen atoms in total. The lowest BCUT2D eigenvalue weighted by Gasteiger charge is -2.10. The number of rotatable bonds is 6. The first-order chi connectivity index (χ1) is 10.8. The minimum Gasteiger partial charge on any atom is -0.490 e. The molecule has 2 N–H and O–H groups in total. The summed E-state index contributed by atoms with van der Waals surface area (Å²) in [6.07, 6.45) is 3.13. The molecule has 0 atom stereocenters. The van der Waals surface area contributed by atoms with Crippen LogP contribution in [0.5, 0.6) is 5.75 Å². The van der Waals surface area contributed by atoms with Crippen LogP contribution in [0.25, 0.3) is 11.0 Å². The van der Waals surface area contributed by atoms with Gasteiger partial charge in [-0.25, -0.2) is 9.97 Å². The van der Waals surface area contributed by atoms with E-state index >= 15 is 0 Å². The summed E-state index contributed by atoms with van der Waals surface area (Å²) in [5.74, 6) is 1.27. The second kappa shape index (κ2) is 6.59. The fourth-order valence-electron chi connectivity index (χ4n) is 1.93. The van der Waals surface area contributed by atoms with Crippen LogP contribution in [0.4, 0.5) is 11.5 Å². The van der Waals surface area contributed by atoms with Crippen LogP contribution in [0.15, 0.2) is 30.7 Å². The van der Waals surface area contributed by atoms with E-state index in [2.05, 4.69) is 25.5 Å². The fraction of sp³-hybridized carbons (Fsp3) is 0.214. The number of methoxy groups -OCH3 is 1. The zero-order chi connectivity index (χ0) is 15.4. The molecular weight excluding hydrogens is 306 g/mol. The van der Waals surface area contributed by atoms with Crippen molar-refractivity contribution >= 4 is 34.1 Å². The largest absolute Gasteiger partial charge is 0.490 e. The number of nitrogens with one attached hydrogen (secondary N) is 2. The van der Waals surface area contributed by atoms with Gasteiger partial charge in [-0.15, -0.1) is 0 Å². The third-order valence-corrected chi connectivity index (χ3v) is 3.28. The smallest absolute Gasteiger partial charge is 0.160 e. The number of benzene rings is 1. The van der Waals surface area contributed by atoms with Crippen LogP contribution in [0.3, 0.4) is 0 Å². The van der Waals surface area contributed by atoms with Crippen LogP contribution in [0, 0.1) is 0 Å². The van der Waals surface area contributed by atoms with Crippen LogP contribution >= 0.6 is 11.6 Å². The molecule has 3 rings (SSSR count). The normalized spacial score (nSPS) is 10.8. The molecule has 1 aromatic carbocycles. The summed E-state index contributed by atoms with van der Waals surface area (Å²) < 4.78 is 10.5. The topological polar surface area (TPSA) is 85.0 Å². The van der Waals surface area contributed by atoms with Crippen LogP contribution < -0.4 is 10.1 Å². The molecule has 8 heteroatoms. The van der Waals surface area contributed by atoms with Crippen molar-refractivity contribution in [1.29, 1.82) is 0 Å². The molecule has 0 saturated carbocycles. The van der Waals surface area contributed by atoms with Gasteiger partial charge in [0, 0.05) is 12.8 Å². The van der Waals surface area contributed by atoms with Gasteiger partial charge in [0.05, 0.1) is 23.2 Å². The molecule has 0 fully saturated rings. The predicted octanol–water partition coefficient (Wildman–Crippen LogP) is 2.78. The molecule has 2 aromatic heterocycles. The Morgan fingerprint density at radius 1 is 1.27 bits per heavy atom. The number of hydrogen-bond donors (Lipinski definition) is 2. The van der Waals surface area contributed by atoms with E-state index in [-0.39, 0.29) is 0 Å². The lowest BCUT2D eigenvalue weighted by Crippen LogP contribution is -2.04. The number of halogens is 1. The molecule has 0 unspecified atom stereocenters. The highest BCUT2D eigenvalue weighted by atomic mass is 35.5. The maximum absolute atomic E-state index is 6.21. The van der Waals surface area contributed by atoms with Gasteiger partial charge in [0.1, 0.15) is 24.5 Å². The van der Waals surface area contributed by atoms with E-state index < -0.39 is 0 Å². The molecule has 114 valence electrons. The van der Waals surface area contributed by atoms with Crippen molar-refractivity contribution in [2.75, 3.05) is 25.6 Å². The molecule has 3 aromatic rings. The van der Waals surface area contributed by atoms with E-state index in [1.807, 2.05) is 6.07 Å². The molecule has 0 amide bonds. The van der Waals surface area contributed by atoms with E-state index in [1.54, 1.807) is 25.4 Å². The zero-order valence-electron chi connectivity index (χ0n) is 11.8. The number of hydrogen-bond acceptors (Lipinski definition) is 6. The lowest BCUT2D eigenvalue weighted by atomic mass is 10.3. The molecule has 22 heavy (non-hydrogen) atoms. The van der Waals surface area contributed by atoms with Gasteiger partial charge in [0.25, 0.3) is 0 Å². The first-order valence-electron chi connectivity index (χ1n) is 6.60. The number of ether oxygens (including phenoxy) is 2. The van der Waals surface area contributed by atoms with Gasteiger partial charge in [-0.3, -0.25) is 5.10 Å². The highest BCUT2D eigenvalue weighted by Crippen LogP contribution is 2.30. The van der Waals surface area contributed by atoms with Crippen molar-refractivity contribution in [2.45, 2.75) is 0 Å². The Balaban J connectivity index is 1.78. The summed E-state index contributed by atoms with van der Waals surface area (Å²) in [6, 6.07) is 5.44. The molecule has 0 aliphatic rings. The van der Waals surface area contributed by atoms with Gasteiger partial charge in [-0.2, -0.15) is 5.10 Å². The third-order valence-electron chi connectivity index (χ3n) is 2.99. The van der Waals surface area contributed by atoms with Crippen molar-refractivity contribution in [2.24, 2.45) is 0 Å². The lowest BCUT2D eigenvalue weighted by molar-refractivity contribution is 0.146. The molecule has 2 heterocycles. The molecule has 0 radical (unpaired) electrons. The Morgan fingerprint density at radius 3 is 3.00 bits per heavy atom. The quantitative estimate of drug-likeness (QED) is 0.680. The minimum absolute atomic E-state index is 0.449. The standard InChI is InChI=1S/C14H14ClN5O2/c1-21-4-5-22-12-3-2-9(6-11(12)15)19-13-10-7-18-20-14(10)17-8-16-13/h2-3,6-8H,4-5H2,1H3,(H2,16,17,18,19,20). The Kier molecular flexibility index (Phi) is 4.36. The van der Waals surface area contributed by atoms with E-state index in [1.165, 1.54) is 6.33 Å². The Labute approximate surface area is 131 Å². The van der Waals surface area contributed by atoms with Gasteiger partial charge in [-0.05, 0) is 18.2 Å². The maximum atomic E-state index is 6.21.